The van der Waals surface area contributed by atoms with Crippen molar-refractivity contribution in [2.24, 2.45) is 5.41 Å². The summed E-state index contributed by atoms with van der Waals surface area (Å²) in [5.74, 6) is 0. The number of piperidine rings is 1. The Balaban J connectivity index is 1.71. The van der Waals surface area contributed by atoms with Crippen molar-refractivity contribution in [3.05, 3.63) is 28.2 Å². The lowest BCUT2D eigenvalue weighted by molar-refractivity contribution is 0.226. The molecule has 0 bridgehead atoms. The first kappa shape index (κ1) is 13.9. The Bertz CT molecular complexity index is 442. The minimum absolute atomic E-state index is 0.707. The summed E-state index contributed by atoms with van der Waals surface area (Å²) in [6.45, 7) is 2.46. The largest absolute Gasteiger partial charge is 0.371 e. The number of anilines is 1. The number of halogens is 2. The molecule has 0 N–H and O–H groups in total. The molecule has 1 aromatic carbocycles. The highest BCUT2D eigenvalue weighted by Crippen LogP contribution is 2.47. The summed E-state index contributed by atoms with van der Waals surface area (Å²) in [5.41, 5.74) is 3.41. The number of hydrogen-bond donors (Lipinski definition) is 0. The van der Waals surface area contributed by atoms with Crippen molar-refractivity contribution in [2.45, 2.75) is 43.9 Å². The van der Waals surface area contributed by atoms with E-state index in [1.54, 1.807) is 0 Å². The molecule has 1 spiro atoms. The highest BCUT2D eigenvalue weighted by atomic mass is 79.9. The third-order valence-electron chi connectivity index (χ3n) is 5.00. The molecule has 2 aliphatic rings. The van der Waals surface area contributed by atoms with Crippen LogP contribution in [0.15, 0.2) is 22.7 Å². The number of rotatable bonds is 2. The Hall–Kier alpha value is -0.0200. The van der Waals surface area contributed by atoms with E-state index >= 15 is 0 Å². The Morgan fingerprint density at radius 2 is 1.74 bits per heavy atom. The van der Waals surface area contributed by atoms with Crippen LogP contribution in [0.4, 0.5) is 5.69 Å². The van der Waals surface area contributed by atoms with E-state index < -0.39 is 0 Å². The summed E-state index contributed by atoms with van der Waals surface area (Å²) < 4.78 is 1.24. The number of alkyl halides is 1. The van der Waals surface area contributed by atoms with Crippen molar-refractivity contribution < 1.29 is 0 Å². The van der Waals surface area contributed by atoms with Crippen LogP contribution in [-0.2, 0) is 5.33 Å². The molecule has 0 aromatic heterocycles. The molecule has 19 heavy (non-hydrogen) atoms. The summed E-state index contributed by atoms with van der Waals surface area (Å²) in [7, 11) is 0. The second-order valence-corrected chi connectivity index (χ2v) is 7.53. The predicted molar refractivity (Wildman–Crippen MR) is 89.1 cm³/mol. The highest BCUT2D eigenvalue weighted by molar-refractivity contribution is 9.10. The van der Waals surface area contributed by atoms with Crippen molar-refractivity contribution >= 4 is 37.5 Å². The number of nitrogens with zero attached hydrogens (tertiary/aromatic N) is 1. The van der Waals surface area contributed by atoms with E-state index in [-0.39, 0.29) is 0 Å². The summed E-state index contributed by atoms with van der Waals surface area (Å²) in [6, 6.07) is 6.74. The SMILES string of the molecule is BrCc1ccc(N2CCC3(CCCC3)CC2)c(Br)c1. The van der Waals surface area contributed by atoms with E-state index in [2.05, 4.69) is 55.0 Å². The molecule has 1 nitrogen and oxygen atoms in total. The van der Waals surface area contributed by atoms with Gasteiger partial charge in [0.1, 0.15) is 0 Å². The maximum absolute atomic E-state index is 3.74. The average molecular weight is 387 g/mol. The minimum atomic E-state index is 0.707. The number of hydrogen-bond acceptors (Lipinski definition) is 1. The maximum Gasteiger partial charge on any atom is 0.0510 e. The van der Waals surface area contributed by atoms with Gasteiger partial charge in [-0.2, -0.15) is 0 Å². The van der Waals surface area contributed by atoms with E-state index in [1.165, 1.54) is 67.3 Å². The van der Waals surface area contributed by atoms with Crippen LogP contribution >= 0.6 is 31.9 Å². The zero-order valence-corrected chi connectivity index (χ0v) is 14.5. The monoisotopic (exact) mass is 385 g/mol. The summed E-state index contributed by atoms with van der Waals surface area (Å²) in [4.78, 5) is 2.56. The lowest BCUT2D eigenvalue weighted by Crippen LogP contribution is -2.39. The molecule has 1 aliphatic heterocycles. The lowest BCUT2D eigenvalue weighted by Gasteiger charge is -2.40. The first-order chi connectivity index (χ1) is 9.22. The molecule has 3 rings (SSSR count). The van der Waals surface area contributed by atoms with E-state index in [0.717, 1.165) is 5.33 Å². The van der Waals surface area contributed by atoms with Crippen LogP contribution in [0.5, 0.6) is 0 Å². The van der Waals surface area contributed by atoms with E-state index in [9.17, 15) is 0 Å². The average Bonchev–Trinajstić information content (AvgIpc) is 2.88. The molecular weight excluding hydrogens is 366 g/mol. The molecule has 1 aliphatic carbocycles. The fourth-order valence-electron chi connectivity index (χ4n) is 3.74. The van der Waals surface area contributed by atoms with Gasteiger partial charge in [0.25, 0.3) is 0 Å². The predicted octanol–water partition coefficient (Wildman–Crippen LogP) is 5.50. The van der Waals surface area contributed by atoms with Gasteiger partial charge in [-0.25, -0.2) is 0 Å². The molecule has 2 fully saturated rings. The Morgan fingerprint density at radius 1 is 1.05 bits per heavy atom. The Kier molecular flexibility index (Phi) is 4.23. The second-order valence-electron chi connectivity index (χ2n) is 6.11. The van der Waals surface area contributed by atoms with Gasteiger partial charge in [0.05, 0.1) is 5.69 Å². The third kappa shape index (κ3) is 2.87. The fourth-order valence-corrected chi connectivity index (χ4v) is 4.76. The lowest BCUT2D eigenvalue weighted by atomic mass is 9.77. The van der Waals surface area contributed by atoms with Gasteiger partial charge in [-0.1, -0.05) is 34.8 Å². The second kappa shape index (κ2) is 5.77. The molecule has 1 saturated carbocycles. The van der Waals surface area contributed by atoms with Gasteiger partial charge in [-0.3, -0.25) is 0 Å². The van der Waals surface area contributed by atoms with Crippen molar-refractivity contribution in [1.82, 2.24) is 0 Å². The van der Waals surface area contributed by atoms with Crippen LogP contribution in [0, 0.1) is 5.41 Å². The fraction of sp³-hybridized carbons (Fsp3) is 0.625. The van der Waals surface area contributed by atoms with Gasteiger partial charge < -0.3 is 4.90 Å². The van der Waals surface area contributed by atoms with Crippen molar-refractivity contribution in [3.63, 3.8) is 0 Å². The van der Waals surface area contributed by atoms with Crippen molar-refractivity contribution in [2.75, 3.05) is 18.0 Å². The van der Waals surface area contributed by atoms with E-state index in [0.29, 0.717) is 5.41 Å². The molecule has 1 aromatic rings. The van der Waals surface area contributed by atoms with Crippen LogP contribution in [0.1, 0.15) is 44.1 Å². The first-order valence-corrected chi connectivity index (χ1v) is 9.23. The van der Waals surface area contributed by atoms with E-state index in [4.69, 9.17) is 0 Å². The number of benzene rings is 1. The zero-order chi connectivity index (χ0) is 13.3. The molecule has 1 heterocycles. The third-order valence-corrected chi connectivity index (χ3v) is 6.28. The maximum atomic E-state index is 3.74. The normalized spacial score (nSPS) is 22.1. The van der Waals surface area contributed by atoms with Gasteiger partial charge in [0, 0.05) is 22.9 Å². The van der Waals surface area contributed by atoms with Crippen molar-refractivity contribution in [1.29, 1.82) is 0 Å². The Labute approximate surface area is 133 Å². The summed E-state index contributed by atoms with van der Waals surface area (Å²) in [5, 5.41) is 0.926. The van der Waals surface area contributed by atoms with Gasteiger partial charge in [0.15, 0.2) is 0 Å². The van der Waals surface area contributed by atoms with Crippen LogP contribution in [-0.4, -0.2) is 13.1 Å². The highest BCUT2D eigenvalue weighted by Gasteiger charge is 2.37. The first-order valence-electron chi connectivity index (χ1n) is 7.32. The topological polar surface area (TPSA) is 3.24 Å². The molecule has 0 atom stereocenters. The van der Waals surface area contributed by atoms with Gasteiger partial charge >= 0.3 is 0 Å². The van der Waals surface area contributed by atoms with Crippen LogP contribution < -0.4 is 4.90 Å². The molecule has 0 unspecified atom stereocenters. The quantitative estimate of drug-likeness (QED) is 0.606. The van der Waals surface area contributed by atoms with Crippen LogP contribution in [0.2, 0.25) is 0 Å². The molecular formula is C16H21Br2N. The minimum Gasteiger partial charge on any atom is -0.371 e. The Morgan fingerprint density at radius 3 is 2.32 bits per heavy atom. The van der Waals surface area contributed by atoms with Gasteiger partial charge in [0.2, 0.25) is 0 Å². The zero-order valence-electron chi connectivity index (χ0n) is 11.3. The van der Waals surface area contributed by atoms with Gasteiger partial charge in [-0.05, 0) is 64.7 Å². The van der Waals surface area contributed by atoms with Crippen LogP contribution in [0.3, 0.4) is 0 Å². The smallest absolute Gasteiger partial charge is 0.0510 e. The molecule has 3 heteroatoms. The molecule has 0 radical (unpaired) electrons. The molecule has 104 valence electrons. The molecule has 1 saturated heterocycles. The standard InChI is InChI=1S/C16H21Br2N/c17-12-13-3-4-15(14(18)11-13)19-9-7-16(8-10-19)5-1-2-6-16/h3-4,11H,1-2,5-10,12H2. The van der Waals surface area contributed by atoms with Crippen molar-refractivity contribution in [3.8, 4) is 0 Å². The van der Waals surface area contributed by atoms with Gasteiger partial charge in [-0.15, -0.1) is 0 Å². The summed E-state index contributed by atoms with van der Waals surface area (Å²) >= 11 is 7.25. The van der Waals surface area contributed by atoms with E-state index in [1.807, 2.05) is 0 Å². The molecule has 0 amide bonds. The van der Waals surface area contributed by atoms with Crippen LogP contribution in [0.25, 0.3) is 0 Å². The summed E-state index contributed by atoms with van der Waals surface area (Å²) in [6.07, 6.45) is 8.65.